The van der Waals surface area contributed by atoms with Gasteiger partial charge in [-0.15, -0.1) is 0 Å². The summed E-state index contributed by atoms with van der Waals surface area (Å²) in [5, 5.41) is 10.8. The predicted molar refractivity (Wildman–Crippen MR) is 47.3 cm³/mol. The van der Waals surface area contributed by atoms with E-state index < -0.39 is 23.3 Å². The summed E-state index contributed by atoms with van der Waals surface area (Å²) in [5.74, 6) is -2.06. The first kappa shape index (κ1) is 12.3. The zero-order valence-electron chi connectivity index (χ0n) is 8.05. The first-order chi connectivity index (χ1) is 7.40. The number of alkyl halides is 3. The van der Waals surface area contributed by atoms with Gasteiger partial charge in [-0.3, -0.25) is 0 Å². The number of hydrogen-bond acceptors (Lipinski definition) is 3. The van der Waals surface area contributed by atoms with Gasteiger partial charge in [0, 0.05) is 5.56 Å². The van der Waals surface area contributed by atoms with Crippen LogP contribution in [0.3, 0.4) is 0 Å². The third-order valence-corrected chi connectivity index (χ3v) is 1.79. The summed E-state index contributed by atoms with van der Waals surface area (Å²) in [6.45, 7) is 0. The zero-order chi connectivity index (χ0) is 12.3. The molecule has 0 heterocycles. The summed E-state index contributed by atoms with van der Waals surface area (Å²) in [5.41, 5.74) is -1.59. The molecular weight excluding hydrogens is 230 g/mol. The lowest BCUT2D eigenvalue weighted by Gasteiger charge is -2.11. The number of benzene rings is 1. The van der Waals surface area contributed by atoms with Crippen molar-refractivity contribution >= 4 is 6.21 Å². The fourth-order valence-electron chi connectivity index (χ4n) is 1.12. The monoisotopic (exact) mass is 237 g/mol. The highest BCUT2D eigenvalue weighted by Gasteiger charge is 2.35. The number of hydrogen-bond donors (Lipinski definition) is 1. The maximum Gasteiger partial charge on any atom is 0.419 e. The van der Waals surface area contributed by atoms with Crippen LogP contribution in [-0.2, 0) is 6.18 Å². The summed E-state index contributed by atoms with van der Waals surface area (Å²) in [4.78, 5) is 0. The van der Waals surface area contributed by atoms with Gasteiger partial charge in [0.05, 0.1) is 18.9 Å². The molecule has 1 aromatic carbocycles. The number of halogens is 4. The van der Waals surface area contributed by atoms with Crippen molar-refractivity contribution < 1.29 is 27.5 Å². The minimum atomic E-state index is -4.84. The molecule has 0 spiro atoms. The van der Waals surface area contributed by atoms with Crippen LogP contribution in [0.25, 0.3) is 0 Å². The average Bonchev–Trinajstić information content (AvgIpc) is 2.19. The maximum atomic E-state index is 13.2. The van der Waals surface area contributed by atoms with Gasteiger partial charge in [-0.05, 0) is 12.1 Å². The van der Waals surface area contributed by atoms with Gasteiger partial charge in [-0.2, -0.15) is 13.2 Å². The highest BCUT2D eigenvalue weighted by molar-refractivity contribution is 5.80. The van der Waals surface area contributed by atoms with Crippen LogP contribution in [0.4, 0.5) is 17.6 Å². The molecular formula is C9H7F4NO2. The SMILES string of the molecule is COc1cc(/C=N/O)cc(C(F)(F)F)c1F. The van der Waals surface area contributed by atoms with Crippen LogP contribution in [-0.4, -0.2) is 18.5 Å². The molecule has 0 aliphatic heterocycles. The molecule has 0 saturated heterocycles. The van der Waals surface area contributed by atoms with Gasteiger partial charge in [0.15, 0.2) is 11.6 Å². The number of oxime groups is 1. The van der Waals surface area contributed by atoms with E-state index in [-0.39, 0.29) is 5.56 Å². The van der Waals surface area contributed by atoms with Crippen molar-refractivity contribution in [1.29, 1.82) is 0 Å². The van der Waals surface area contributed by atoms with Gasteiger partial charge in [0.2, 0.25) is 0 Å². The first-order valence-corrected chi connectivity index (χ1v) is 4.02. The molecule has 0 bridgehead atoms. The molecule has 0 fully saturated rings. The first-order valence-electron chi connectivity index (χ1n) is 4.02. The fraction of sp³-hybridized carbons (Fsp3) is 0.222. The Hall–Kier alpha value is -1.79. The molecule has 0 saturated carbocycles. The molecule has 1 rings (SSSR count). The maximum absolute atomic E-state index is 13.2. The number of rotatable bonds is 2. The van der Waals surface area contributed by atoms with Crippen LogP contribution in [0.2, 0.25) is 0 Å². The molecule has 0 aromatic heterocycles. The number of ether oxygens (including phenoxy) is 1. The minimum absolute atomic E-state index is 0.118. The second-order valence-electron chi connectivity index (χ2n) is 2.83. The molecule has 16 heavy (non-hydrogen) atoms. The Morgan fingerprint density at radius 2 is 2.00 bits per heavy atom. The van der Waals surface area contributed by atoms with Crippen molar-refractivity contribution in [1.82, 2.24) is 0 Å². The van der Waals surface area contributed by atoms with Crippen LogP contribution in [0.5, 0.6) is 5.75 Å². The van der Waals surface area contributed by atoms with Gasteiger partial charge < -0.3 is 9.94 Å². The van der Waals surface area contributed by atoms with Crippen molar-refractivity contribution in [2.24, 2.45) is 5.16 Å². The van der Waals surface area contributed by atoms with Crippen molar-refractivity contribution in [2.75, 3.05) is 7.11 Å². The fourth-order valence-corrected chi connectivity index (χ4v) is 1.12. The van der Waals surface area contributed by atoms with E-state index in [0.717, 1.165) is 19.4 Å². The summed E-state index contributed by atoms with van der Waals surface area (Å²) < 4.78 is 54.8. The molecule has 0 unspecified atom stereocenters. The molecule has 88 valence electrons. The second kappa shape index (κ2) is 4.38. The Morgan fingerprint density at radius 3 is 2.44 bits per heavy atom. The zero-order valence-corrected chi connectivity index (χ0v) is 8.05. The molecule has 1 aromatic rings. The Bertz CT molecular complexity index is 415. The van der Waals surface area contributed by atoms with Crippen LogP contribution < -0.4 is 4.74 Å². The average molecular weight is 237 g/mol. The van der Waals surface area contributed by atoms with Crippen LogP contribution in [0, 0.1) is 5.82 Å². The van der Waals surface area contributed by atoms with E-state index in [4.69, 9.17) is 5.21 Å². The largest absolute Gasteiger partial charge is 0.494 e. The summed E-state index contributed by atoms with van der Waals surface area (Å²) >= 11 is 0. The van der Waals surface area contributed by atoms with Crippen molar-refractivity contribution in [3.05, 3.63) is 29.1 Å². The normalized spacial score (nSPS) is 12.1. The van der Waals surface area contributed by atoms with E-state index in [1.807, 2.05) is 0 Å². The number of nitrogens with zero attached hydrogens (tertiary/aromatic N) is 1. The molecule has 0 radical (unpaired) electrons. The van der Waals surface area contributed by atoms with Crippen molar-refractivity contribution in [2.45, 2.75) is 6.18 Å². The highest BCUT2D eigenvalue weighted by atomic mass is 19.4. The van der Waals surface area contributed by atoms with E-state index in [0.29, 0.717) is 6.07 Å². The quantitative estimate of drug-likeness (QED) is 0.372. The molecule has 7 heteroatoms. The molecule has 1 N–H and O–H groups in total. The molecule has 0 aliphatic carbocycles. The van der Waals surface area contributed by atoms with E-state index >= 15 is 0 Å². The smallest absolute Gasteiger partial charge is 0.419 e. The predicted octanol–water partition coefficient (Wildman–Crippen LogP) is 2.66. The Balaban J connectivity index is 3.42. The lowest BCUT2D eigenvalue weighted by molar-refractivity contribution is -0.140. The summed E-state index contributed by atoms with van der Waals surface area (Å²) in [6, 6.07) is 1.52. The van der Waals surface area contributed by atoms with Crippen LogP contribution in [0.1, 0.15) is 11.1 Å². The lowest BCUT2D eigenvalue weighted by atomic mass is 10.1. The lowest BCUT2D eigenvalue weighted by Crippen LogP contribution is -2.10. The second-order valence-corrected chi connectivity index (χ2v) is 2.83. The third-order valence-electron chi connectivity index (χ3n) is 1.79. The number of methoxy groups -OCH3 is 1. The van der Waals surface area contributed by atoms with E-state index in [1.54, 1.807) is 0 Å². The van der Waals surface area contributed by atoms with E-state index in [9.17, 15) is 17.6 Å². The molecule has 0 amide bonds. The Morgan fingerprint density at radius 1 is 1.38 bits per heavy atom. The topological polar surface area (TPSA) is 41.8 Å². The van der Waals surface area contributed by atoms with Crippen LogP contribution >= 0.6 is 0 Å². The Kier molecular flexibility index (Phi) is 3.36. The summed E-state index contributed by atoms with van der Waals surface area (Å²) in [7, 11) is 1.04. The Labute approximate surface area is 87.9 Å². The van der Waals surface area contributed by atoms with Gasteiger partial charge >= 0.3 is 6.18 Å². The van der Waals surface area contributed by atoms with Gasteiger partial charge in [-0.1, -0.05) is 5.16 Å². The van der Waals surface area contributed by atoms with Crippen LogP contribution in [0.15, 0.2) is 17.3 Å². The van der Waals surface area contributed by atoms with Crippen molar-refractivity contribution in [3.8, 4) is 5.75 Å². The van der Waals surface area contributed by atoms with Gasteiger partial charge in [0.1, 0.15) is 0 Å². The standard InChI is InChI=1S/C9H7F4NO2/c1-16-7-3-5(4-14-15)2-6(8(7)10)9(11,12)13/h2-4,15H,1H3/b14-4+. The van der Waals surface area contributed by atoms with Crippen molar-refractivity contribution in [3.63, 3.8) is 0 Å². The third kappa shape index (κ3) is 2.41. The summed E-state index contributed by atoms with van der Waals surface area (Å²) in [6.07, 6.45) is -4.09. The molecule has 0 aliphatic rings. The molecule has 0 atom stereocenters. The minimum Gasteiger partial charge on any atom is -0.494 e. The molecule has 3 nitrogen and oxygen atoms in total. The van der Waals surface area contributed by atoms with Gasteiger partial charge in [0.25, 0.3) is 0 Å². The van der Waals surface area contributed by atoms with E-state index in [1.165, 1.54) is 0 Å². The van der Waals surface area contributed by atoms with Gasteiger partial charge in [-0.25, -0.2) is 4.39 Å². The highest BCUT2D eigenvalue weighted by Crippen LogP contribution is 2.35. The van der Waals surface area contributed by atoms with E-state index in [2.05, 4.69) is 9.89 Å².